The molecule has 0 aliphatic rings. The van der Waals surface area contributed by atoms with Crippen molar-refractivity contribution in [2.45, 2.75) is 6.92 Å². The van der Waals surface area contributed by atoms with Crippen LogP contribution in [0.2, 0.25) is 0 Å². The molecular weight excluding hydrogens is 284 g/mol. The average molecular weight is 304 g/mol. The van der Waals surface area contributed by atoms with Crippen LogP contribution in [0, 0.1) is 0 Å². The summed E-state index contributed by atoms with van der Waals surface area (Å²) in [4.78, 5) is 0. The summed E-state index contributed by atoms with van der Waals surface area (Å²) in [6.45, 7) is 1.81. The summed E-state index contributed by atoms with van der Waals surface area (Å²) in [6.07, 6.45) is 0. The largest absolute Gasteiger partial charge is 0.510 e. The lowest BCUT2D eigenvalue weighted by Crippen LogP contribution is -2.46. The lowest BCUT2D eigenvalue weighted by molar-refractivity contribution is 0.130. The van der Waals surface area contributed by atoms with Gasteiger partial charge in [0.1, 0.15) is 0 Å². The van der Waals surface area contributed by atoms with E-state index in [-0.39, 0.29) is 12.4 Å². The molecule has 0 saturated carbocycles. The van der Waals surface area contributed by atoms with Crippen LogP contribution in [0.4, 0.5) is 0 Å². The van der Waals surface area contributed by atoms with Crippen LogP contribution in [0.5, 0.6) is 0 Å². The molecule has 0 atom stereocenters. The summed E-state index contributed by atoms with van der Waals surface area (Å²) in [7, 11) is -1.43. The molecule has 104 valence electrons. The topological polar surface area (TPSA) is 71.1 Å². The van der Waals surface area contributed by atoms with Crippen molar-refractivity contribution >= 4 is 30.7 Å². The molecule has 0 aromatic carbocycles. The van der Waals surface area contributed by atoms with Crippen LogP contribution in [0.15, 0.2) is 0 Å². The highest BCUT2D eigenvalue weighted by molar-refractivity contribution is 8.01. The van der Waals surface area contributed by atoms with E-state index in [0.717, 1.165) is 0 Å². The minimum absolute atomic E-state index is 0.0207. The van der Waals surface area contributed by atoms with Crippen molar-refractivity contribution in [2.75, 3.05) is 44.8 Å². The van der Waals surface area contributed by atoms with Crippen LogP contribution in [0.3, 0.4) is 0 Å². The molecule has 0 heterocycles. The third-order valence-electron chi connectivity index (χ3n) is 1.99. The van der Waals surface area contributed by atoms with E-state index in [1.165, 1.54) is 33.1 Å². The Morgan fingerprint density at radius 2 is 1.65 bits per heavy atom. The smallest absolute Gasteiger partial charge is 0.376 e. The first-order valence-electron chi connectivity index (χ1n) is 5.05. The molecule has 0 radical (unpaired) electrons. The fourth-order valence-corrected chi connectivity index (χ4v) is 6.28. The highest BCUT2D eigenvalue weighted by atomic mass is 32.2. The van der Waals surface area contributed by atoms with E-state index in [4.69, 9.17) is 13.3 Å². The van der Waals surface area contributed by atoms with Gasteiger partial charge in [-0.1, -0.05) is 0 Å². The maximum atomic E-state index is 11.2. The first-order valence-corrected chi connectivity index (χ1v) is 9.72. The minimum atomic E-state index is -3.40. The van der Waals surface area contributed by atoms with Gasteiger partial charge in [-0.3, -0.25) is 4.18 Å². The first-order chi connectivity index (χ1) is 7.95. The molecule has 0 unspecified atom stereocenters. The van der Waals surface area contributed by atoms with Gasteiger partial charge in [0, 0.05) is 27.1 Å². The normalized spacial score (nSPS) is 12.9. The van der Waals surface area contributed by atoms with Crippen LogP contribution >= 0.6 is 11.8 Å². The summed E-state index contributed by atoms with van der Waals surface area (Å²) in [5.41, 5.74) is 0. The van der Waals surface area contributed by atoms with E-state index >= 15 is 0 Å². The Morgan fingerprint density at radius 3 is 2.06 bits per heavy atom. The second kappa shape index (κ2) is 8.46. The molecule has 0 bridgehead atoms. The molecule has 0 aliphatic carbocycles. The summed E-state index contributed by atoms with van der Waals surface area (Å²) in [5.74, 6) is 0.403. The number of hydrogen-bond acceptors (Lipinski definition) is 7. The van der Waals surface area contributed by atoms with Crippen LogP contribution in [0.25, 0.3) is 0 Å². The van der Waals surface area contributed by atoms with Crippen molar-refractivity contribution < 1.29 is 25.9 Å². The van der Waals surface area contributed by atoms with E-state index in [1.807, 2.05) is 0 Å². The Hall–Kier alpha value is 0.357. The molecule has 0 aromatic heterocycles. The van der Waals surface area contributed by atoms with Crippen molar-refractivity contribution in [3.05, 3.63) is 0 Å². The zero-order valence-electron chi connectivity index (χ0n) is 10.6. The molecule has 0 aliphatic heterocycles. The molecule has 0 N–H and O–H groups in total. The Morgan fingerprint density at radius 1 is 1.12 bits per heavy atom. The Kier molecular flexibility index (Phi) is 8.63. The van der Waals surface area contributed by atoms with Gasteiger partial charge in [-0.15, -0.1) is 0 Å². The van der Waals surface area contributed by atoms with Gasteiger partial charge in [-0.05, 0) is 6.92 Å². The lowest BCUT2D eigenvalue weighted by Gasteiger charge is -2.23. The maximum absolute atomic E-state index is 11.2. The van der Waals surface area contributed by atoms with Crippen molar-refractivity contribution in [1.82, 2.24) is 0 Å². The molecular formula is C8H20O6S2Si. The van der Waals surface area contributed by atoms with Gasteiger partial charge >= 0.3 is 8.80 Å². The molecule has 0 aromatic rings. The summed E-state index contributed by atoms with van der Waals surface area (Å²) in [5, 5.41) is 0.512. The summed E-state index contributed by atoms with van der Waals surface area (Å²) in [6, 6.07) is 0. The van der Waals surface area contributed by atoms with Gasteiger partial charge < -0.3 is 13.3 Å². The predicted molar refractivity (Wildman–Crippen MR) is 69.5 cm³/mol. The average Bonchev–Trinajstić information content (AvgIpc) is 2.30. The Bertz CT molecular complexity index is 282. The van der Waals surface area contributed by atoms with Gasteiger partial charge in [0.05, 0.1) is 17.7 Å². The second-order valence-electron chi connectivity index (χ2n) is 3.02. The van der Waals surface area contributed by atoms with Crippen LogP contribution in [-0.2, 0) is 27.6 Å². The number of hydrogen-bond donors (Lipinski definition) is 0. The van der Waals surface area contributed by atoms with E-state index in [1.54, 1.807) is 6.92 Å². The third-order valence-corrected chi connectivity index (χ3v) is 8.13. The lowest BCUT2D eigenvalue weighted by atomic mass is 10.9. The van der Waals surface area contributed by atoms with Gasteiger partial charge in [-0.25, -0.2) is 0 Å². The molecule has 0 amide bonds. The highest BCUT2D eigenvalue weighted by Gasteiger charge is 2.37. The van der Waals surface area contributed by atoms with Gasteiger partial charge in [0.2, 0.25) is 0 Å². The second-order valence-corrected chi connectivity index (χ2v) is 9.34. The van der Waals surface area contributed by atoms with Crippen LogP contribution in [0.1, 0.15) is 6.92 Å². The van der Waals surface area contributed by atoms with E-state index in [0.29, 0.717) is 11.1 Å². The molecule has 0 rings (SSSR count). The first kappa shape index (κ1) is 17.4. The standard InChI is InChI=1S/C8H20O6S2Si/c1-5-14-16(9,10)7-6-15-8-17(11-2,12-3)13-4/h5-8H2,1-4H3. The SMILES string of the molecule is CCOS(=O)(=O)CCSC[Si](OC)(OC)OC. The molecule has 9 heteroatoms. The number of rotatable bonds is 10. The maximum Gasteiger partial charge on any atom is 0.510 e. The molecule has 17 heavy (non-hydrogen) atoms. The van der Waals surface area contributed by atoms with Gasteiger partial charge in [-0.2, -0.15) is 20.2 Å². The summed E-state index contributed by atoms with van der Waals surface area (Å²) >= 11 is 1.41. The molecule has 0 fully saturated rings. The zero-order valence-corrected chi connectivity index (χ0v) is 13.2. The molecule has 0 spiro atoms. The Balaban J connectivity index is 3.99. The molecule has 6 nitrogen and oxygen atoms in total. The Labute approximate surface area is 108 Å². The summed E-state index contributed by atoms with van der Waals surface area (Å²) < 4.78 is 42.7. The predicted octanol–water partition coefficient (Wildman–Crippen LogP) is 0.503. The molecule has 0 saturated heterocycles. The highest BCUT2D eigenvalue weighted by Crippen LogP contribution is 2.14. The zero-order chi connectivity index (χ0) is 13.4. The number of thioether (sulfide) groups is 1. The fraction of sp³-hybridized carbons (Fsp3) is 1.00. The van der Waals surface area contributed by atoms with Crippen molar-refractivity contribution in [3.63, 3.8) is 0 Å². The van der Waals surface area contributed by atoms with Crippen molar-refractivity contribution in [2.24, 2.45) is 0 Å². The van der Waals surface area contributed by atoms with E-state index in [2.05, 4.69) is 4.18 Å². The van der Waals surface area contributed by atoms with E-state index < -0.39 is 18.9 Å². The van der Waals surface area contributed by atoms with Crippen molar-refractivity contribution in [3.8, 4) is 0 Å². The third kappa shape index (κ3) is 6.75. The quantitative estimate of drug-likeness (QED) is 0.331. The fourth-order valence-electron chi connectivity index (χ4n) is 1.02. The van der Waals surface area contributed by atoms with Crippen LogP contribution < -0.4 is 0 Å². The van der Waals surface area contributed by atoms with E-state index in [9.17, 15) is 8.42 Å². The van der Waals surface area contributed by atoms with Gasteiger partial charge in [0.15, 0.2) is 0 Å². The van der Waals surface area contributed by atoms with Crippen LogP contribution in [-0.4, -0.2) is 62.0 Å². The van der Waals surface area contributed by atoms with Crippen molar-refractivity contribution in [1.29, 1.82) is 0 Å². The monoisotopic (exact) mass is 304 g/mol. The van der Waals surface area contributed by atoms with Gasteiger partial charge in [0.25, 0.3) is 10.1 Å². The minimum Gasteiger partial charge on any atom is -0.376 e.